The molecule has 9 heteroatoms. The largest absolute Gasteiger partial charge is 0.466 e. The van der Waals surface area contributed by atoms with Gasteiger partial charge in [-0.1, -0.05) is 12.1 Å². The van der Waals surface area contributed by atoms with Crippen LogP contribution in [0.25, 0.3) is 11.0 Å². The van der Waals surface area contributed by atoms with Crippen LogP contribution in [0.5, 0.6) is 0 Å². The van der Waals surface area contributed by atoms with E-state index in [9.17, 15) is 9.59 Å². The number of imidazole rings is 1. The fourth-order valence-corrected chi connectivity index (χ4v) is 3.54. The molecule has 0 aliphatic rings. The van der Waals surface area contributed by atoms with E-state index in [1.54, 1.807) is 12.3 Å². The number of carbonyl (C=O) groups excluding carboxylic acids is 2. The normalized spacial score (nSPS) is 11.1. The molecular formula is C19H23N5O3S. The van der Waals surface area contributed by atoms with E-state index in [2.05, 4.69) is 15.3 Å². The molecule has 0 aliphatic carbocycles. The van der Waals surface area contributed by atoms with Gasteiger partial charge in [-0.15, -0.1) is 11.3 Å². The van der Waals surface area contributed by atoms with Crippen LogP contribution in [-0.4, -0.2) is 52.0 Å². The Morgan fingerprint density at radius 1 is 1.25 bits per heavy atom. The van der Waals surface area contributed by atoms with Crippen molar-refractivity contribution in [1.29, 1.82) is 0 Å². The van der Waals surface area contributed by atoms with E-state index in [-0.39, 0.29) is 24.8 Å². The highest BCUT2D eigenvalue weighted by molar-refractivity contribution is 7.13. The summed E-state index contributed by atoms with van der Waals surface area (Å²) in [6.07, 6.45) is 0.0966. The first-order chi connectivity index (χ1) is 13.5. The molecule has 28 heavy (non-hydrogen) atoms. The summed E-state index contributed by atoms with van der Waals surface area (Å²) in [5.74, 6) is 0.299. The van der Waals surface area contributed by atoms with Crippen LogP contribution in [0, 0.1) is 0 Å². The Hall–Kier alpha value is -2.78. The van der Waals surface area contributed by atoms with Gasteiger partial charge in [0.1, 0.15) is 12.4 Å². The van der Waals surface area contributed by atoms with Gasteiger partial charge in [0.15, 0.2) is 5.13 Å². The van der Waals surface area contributed by atoms with Crippen LogP contribution in [-0.2, 0) is 33.8 Å². The topological polar surface area (TPSA) is 89.4 Å². The quantitative estimate of drug-likeness (QED) is 0.583. The number of ether oxygens (including phenoxy) is 1. The van der Waals surface area contributed by atoms with Crippen LogP contribution in [0.3, 0.4) is 0 Å². The van der Waals surface area contributed by atoms with Crippen molar-refractivity contribution < 1.29 is 14.3 Å². The zero-order valence-corrected chi connectivity index (χ0v) is 17.0. The first kappa shape index (κ1) is 20.0. The summed E-state index contributed by atoms with van der Waals surface area (Å²) >= 11 is 1.29. The Balaban J connectivity index is 1.71. The Morgan fingerprint density at radius 3 is 2.79 bits per heavy atom. The number of nitrogens with zero attached hydrogens (tertiary/aromatic N) is 4. The number of benzene rings is 1. The Labute approximate surface area is 167 Å². The minimum atomic E-state index is -0.330. The van der Waals surface area contributed by atoms with Gasteiger partial charge in [-0.05, 0) is 33.2 Å². The lowest BCUT2D eigenvalue weighted by Crippen LogP contribution is -2.22. The van der Waals surface area contributed by atoms with Gasteiger partial charge in [0.05, 0.1) is 36.3 Å². The highest BCUT2D eigenvalue weighted by Crippen LogP contribution is 2.19. The van der Waals surface area contributed by atoms with Crippen molar-refractivity contribution in [1.82, 2.24) is 19.4 Å². The van der Waals surface area contributed by atoms with Crippen LogP contribution in [0.2, 0.25) is 0 Å². The summed E-state index contributed by atoms with van der Waals surface area (Å²) in [6, 6.07) is 7.75. The third-order valence-electron chi connectivity index (χ3n) is 3.92. The molecule has 0 atom stereocenters. The molecule has 1 aromatic carbocycles. The molecule has 0 aliphatic heterocycles. The first-order valence-corrected chi connectivity index (χ1v) is 9.83. The van der Waals surface area contributed by atoms with Gasteiger partial charge in [0, 0.05) is 5.38 Å². The molecule has 0 fully saturated rings. The summed E-state index contributed by atoms with van der Waals surface area (Å²) in [4.78, 5) is 35.1. The van der Waals surface area contributed by atoms with Gasteiger partial charge in [0.2, 0.25) is 5.91 Å². The Bertz CT molecular complexity index is 979. The smallest absolute Gasteiger partial charge is 0.311 e. The van der Waals surface area contributed by atoms with Gasteiger partial charge in [0.25, 0.3) is 0 Å². The second kappa shape index (κ2) is 8.94. The first-order valence-electron chi connectivity index (χ1n) is 8.95. The Morgan fingerprint density at radius 2 is 2.04 bits per heavy atom. The van der Waals surface area contributed by atoms with Crippen LogP contribution in [0.15, 0.2) is 29.6 Å². The number of thiazole rings is 1. The van der Waals surface area contributed by atoms with Crippen molar-refractivity contribution in [2.24, 2.45) is 0 Å². The lowest BCUT2D eigenvalue weighted by molar-refractivity contribution is -0.142. The third-order valence-corrected chi connectivity index (χ3v) is 4.73. The zero-order valence-electron chi connectivity index (χ0n) is 16.1. The highest BCUT2D eigenvalue weighted by atomic mass is 32.1. The summed E-state index contributed by atoms with van der Waals surface area (Å²) < 4.78 is 6.83. The molecule has 8 nitrogen and oxygen atoms in total. The molecule has 1 amide bonds. The van der Waals surface area contributed by atoms with E-state index in [4.69, 9.17) is 4.74 Å². The maximum atomic E-state index is 12.6. The summed E-state index contributed by atoms with van der Waals surface area (Å²) in [6.45, 7) is 2.86. The molecule has 0 bridgehead atoms. The number of fused-ring (bicyclic) bond motifs is 1. The number of amides is 1. The van der Waals surface area contributed by atoms with Crippen molar-refractivity contribution >= 4 is 39.4 Å². The molecule has 0 radical (unpaired) electrons. The molecule has 2 aromatic heterocycles. The molecule has 2 heterocycles. The molecule has 148 valence electrons. The number of anilines is 1. The molecule has 0 saturated carbocycles. The number of hydrogen-bond donors (Lipinski definition) is 1. The molecule has 0 unspecified atom stereocenters. The number of esters is 1. The van der Waals surface area contributed by atoms with E-state index in [0.29, 0.717) is 24.0 Å². The van der Waals surface area contributed by atoms with Crippen molar-refractivity contribution in [3.63, 3.8) is 0 Å². The molecule has 3 rings (SSSR count). The lowest BCUT2D eigenvalue weighted by atomic mass is 10.3. The van der Waals surface area contributed by atoms with Crippen LogP contribution in [0.1, 0.15) is 18.4 Å². The summed E-state index contributed by atoms with van der Waals surface area (Å²) in [7, 11) is 3.93. The third kappa shape index (κ3) is 4.93. The minimum absolute atomic E-state index is 0.0966. The van der Waals surface area contributed by atoms with Crippen molar-refractivity contribution in [2.75, 3.05) is 26.0 Å². The van der Waals surface area contributed by atoms with E-state index < -0.39 is 0 Å². The predicted molar refractivity (Wildman–Crippen MR) is 108 cm³/mol. The number of aromatic nitrogens is 3. The highest BCUT2D eigenvalue weighted by Gasteiger charge is 2.15. The molecular weight excluding hydrogens is 378 g/mol. The van der Waals surface area contributed by atoms with Crippen molar-refractivity contribution in [3.8, 4) is 0 Å². The molecule has 3 aromatic rings. The molecule has 0 spiro atoms. The van der Waals surface area contributed by atoms with Crippen molar-refractivity contribution in [2.45, 2.75) is 26.4 Å². The number of para-hydroxylation sites is 2. The van der Waals surface area contributed by atoms with Gasteiger partial charge in [-0.25, -0.2) is 9.97 Å². The van der Waals surface area contributed by atoms with Gasteiger partial charge < -0.3 is 19.5 Å². The lowest BCUT2D eigenvalue weighted by Gasteiger charge is -2.12. The second-order valence-electron chi connectivity index (χ2n) is 6.51. The fraction of sp³-hybridized carbons (Fsp3) is 0.368. The average Bonchev–Trinajstić information content (AvgIpc) is 3.19. The number of carbonyl (C=O) groups is 2. The Kier molecular flexibility index (Phi) is 6.37. The maximum absolute atomic E-state index is 12.6. The standard InChI is InChI=1S/C19H23N5O3S/c1-4-27-18(26)9-13-12-28-19(20-13)22-17(25)11-24-15-8-6-5-7-14(15)21-16(24)10-23(2)3/h5-8,12H,4,9-11H2,1-3H3,(H,20,22,25). The van der Waals surface area contributed by atoms with Crippen molar-refractivity contribution in [3.05, 3.63) is 41.2 Å². The van der Waals surface area contributed by atoms with Crippen LogP contribution in [0.4, 0.5) is 5.13 Å². The molecule has 0 saturated heterocycles. The van der Waals surface area contributed by atoms with E-state index >= 15 is 0 Å². The SMILES string of the molecule is CCOC(=O)Cc1csc(NC(=O)Cn2c(CN(C)C)nc3ccccc32)n1. The van der Waals surface area contributed by atoms with E-state index in [1.807, 2.05) is 47.8 Å². The maximum Gasteiger partial charge on any atom is 0.311 e. The predicted octanol–water partition coefficient (Wildman–Crippen LogP) is 2.30. The van der Waals surface area contributed by atoms with E-state index in [1.165, 1.54) is 11.3 Å². The van der Waals surface area contributed by atoms with E-state index in [0.717, 1.165) is 16.9 Å². The summed E-state index contributed by atoms with van der Waals surface area (Å²) in [5, 5.41) is 5.01. The van der Waals surface area contributed by atoms with Crippen LogP contribution < -0.4 is 5.32 Å². The zero-order chi connectivity index (χ0) is 20.1. The van der Waals surface area contributed by atoms with Crippen LogP contribution >= 0.6 is 11.3 Å². The second-order valence-corrected chi connectivity index (χ2v) is 7.37. The number of hydrogen-bond acceptors (Lipinski definition) is 7. The summed E-state index contributed by atoms with van der Waals surface area (Å²) in [5.41, 5.74) is 2.36. The van der Waals surface area contributed by atoms with Gasteiger partial charge in [-0.3, -0.25) is 9.59 Å². The minimum Gasteiger partial charge on any atom is -0.466 e. The molecule has 1 N–H and O–H groups in total. The monoisotopic (exact) mass is 401 g/mol. The van der Waals surface area contributed by atoms with Gasteiger partial charge in [-0.2, -0.15) is 0 Å². The van der Waals surface area contributed by atoms with Gasteiger partial charge >= 0.3 is 5.97 Å². The number of nitrogens with one attached hydrogen (secondary N) is 1. The number of rotatable bonds is 8. The average molecular weight is 401 g/mol. The fourth-order valence-electron chi connectivity index (χ4n) is 2.81.